The van der Waals surface area contributed by atoms with E-state index < -0.39 is 5.97 Å². The molecule has 0 aromatic carbocycles. The molecule has 0 bridgehead atoms. The van der Waals surface area contributed by atoms with Gasteiger partial charge in [-0.1, -0.05) is 0 Å². The summed E-state index contributed by atoms with van der Waals surface area (Å²) < 4.78 is 5.43. The Morgan fingerprint density at radius 1 is 1.33 bits per heavy atom. The van der Waals surface area contributed by atoms with E-state index in [1.807, 2.05) is 6.92 Å². The van der Waals surface area contributed by atoms with E-state index in [0.29, 0.717) is 17.0 Å². The van der Waals surface area contributed by atoms with Gasteiger partial charge in [-0.05, 0) is 37.5 Å². The van der Waals surface area contributed by atoms with Gasteiger partial charge in [-0.25, -0.2) is 4.79 Å². The first-order valence-corrected chi connectivity index (χ1v) is 6.85. The van der Waals surface area contributed by atoms with Crippen LogP contribution in [0.3, 0.4) is 0 Å². The second-order valence-corrected chi connectivity index (χ2v) is 5.18. The Balaban J connectivity index is 2.35. The molecule has 2 heterocycles. The highest BCUT2D eigenvalue weighted by atomic mass is 16.5. The van der Waals surface area contributed by atoms with Crippen LogP contribution in [0.2, 0.25) is 0 Å². The summed E-state index contributed by atoms with van der Waals surface area (Å²) in [6.07, 6.45) is 5.28. The first-order valence-electron chi connectivity index (χ1n) is 6.85. The lowest BCUT2D eigenvalue weighted by Gasteiger charge is -2.17. The summed E-state index contributed by atoms with van der Waals surface area (Å²) in [6.45, 7) is 1.85. The van der Waals surface area contributed by atoms with Crippen LogP contribution in [0, 0.1) is 6.92 Å². The number of hydrogen-bond donors (Lipinski definition) is 1. The maximum Gasteiger partial charge on any atom is 0.338 e. The molecule has 1 N–H and O–H groups in total. The van der Waals surface area contributed by atoms with Gasteiger partial charge in [0.05, 0.1) is 24.1 Å². The zero-order valence-corrected chi connectivity index (χ0v) is 12.0. The predicted octanol–water partition coefficient (Wildman–Crippen LogP) is 3.04. The predicted molar refractivity (Wildman–Crippen MR) is 77.7 cm³/mol. The number of carboxylic acids is 1. The number of rotatable bonds is 4. The van der Waals surface area contributed by atoms with Crippen molar-refractivity contribution in [3.8, 4) is 16.9 Å². The third-order valence-electron chi connectivity index (χ3n) is 3.70. The molecular weight excluding hydrogens is 268 g/mol. The highest BCUT2D eigenvalue weighted by molar-refractivity contribution is 5.99. The number of aromatic nitrogens is 2. The largest absolute Gasteiger partial charge is 0.494 e. The molecular formula is C16H16N2O3. The van der Waals surface area contributed by atoms with Crippen molar-refractivity contribution in [2.45, 2.75) is 25.7 Å². The van der Waals surface area contributed by atoms with Crippen LogP contribution in [0.4, 0.5) is 0 Å². The maximum absolute atomic E-state index is 11.8. The zero-order chi connectivity index (χ0) is 15.0. The molecule has 21 heavy (non-hydrogen) atoms. The van der Waals surface area contributed by atoms with Gasteiger partial charge in [0.15, 0.2) is 0 Å². The van der Waals surface area contributed by atoms with Crippen molar-refractivity contribution >= 4 is 5.97 Å². The first kappa shape index (κ1) is 13.5. The first-order chi connectivity index (χ1) is 10.1. The minimum atomic E-state index is -0.963. The van der Waals surface area contributed by atoms with Crippen LogP contribution in [0.15, 0.2) is 24.5 Å². The Labute approximate surface area is 122 Å². The Morgan fingerprint density at radius 2 is 2.00 bits per heavy atom. The van der Waals surface area contributed by atoms with E-state index in [2.05, 4.69) is 9.97 Å². The molecule has 5 heteroatoms. The van der Waals surface area contributed by atoms with Gasteiger partial charge in [0.1, 0.15) is 5.75 Å². The van der Waals surface area contributed by atoms with Gasteiger partial charge in [-0.3, -0.25) is 9.97 Å². The highest BCUT2D eigenvalue weighted by Gasteiger charge is 2.34. The standard InChI is InChI=1S/C16H16N2O3/c1-9-15(21-2)12(10-5-7-17-8-6-10)13(16(19)20)14(18-9)11-3-4-11/h5-8,11H,3-4H2,1-2H3,(H,19,20). The number of ether oxygens (including phenoxy) is 1. The summed E-state index contributed by atoms with van der Waals surface area (Å²) in [5.41, 5.74) is 3.03. The van der Waals surface area contributed by atoms with E-state index in [4.69, 9.17) is 4.74 Å². The molecule has 0 unspecified atom stereocenters. The van der Waals surface area contributed by atoms with E-state index in [9.17, 15) is 9.90 Å². The molecule has 1 fully saturated rings. The van der Waals surface area contributed by atoms with Crippen molar-refractivity contribution in [3.05, 3.63) is 41.5 Å². The number of aromatic carboxylic acids is 1. The van der Waals surface area contributed by atoms with Crippen LogP contribution >= 0.6 is 0 Å². The van der Waals surface area contributed by atoms with E-state index in [1.54, 1.807) is 24.5 Å². The molecule has 0 saturated heterocycles. The molecule has 1 saturated carbocycles. The van der Waals surface area contributed by atoms with Gasteiger partial charge >= 0.3 is 5.97 Å². The summed E-state index contributed by atoms with van der Waals surface area (Å²) in [5.74, 6) is -0.196. The lowest BCUT2D eigenvalue weighted by Crippen LogP contribution is -2.10. The Kier molecular flexibility index (Phi) is 3.33. The van der Waals surface area contributed by atoms with Gasteiger partial charge in [0.2, 0.25) is 0 Å². The molecule has 2 aromatic heterocycles. The fraction of sp³-hybridized carbons (Fsp3) is 0.312. The van der Waals surface area contributed by atoms with Gasteiger partial charge in [-0.2, -0.15) is 0 Å². The number of aryl methyl sites for hydroxylation is 1. The fourth-order valence-corrected chi connectivity index (χ4v) is 2.62. The normalized spacial score (nSPS) is 14.0. The number of nitrogens with zero attached hydrogens (tertiary/aromatic N) is 2. The molecule has 108 valence electrons. The molecule has 0 aliphatic heterocycles. The Bertz CT molecular complexity index is 694. The molecule has 5 nitrogen and oxygen atoms in total. The van der Waals surface area contributed by atoms with Gasteiger partial charge in [0, 0.05) is 23.9 Å². The van der Waals surface area contributed by atoms with Crippen molar-refractivity contribution in [2.24, 2.45) is 0 Å². The van der Waals surface area contributed by atoms with Crippen molar-refractivity contribution in [1.29, 1.82) is 0 Å². The van der Waals surface area contributed by atoms with Crippen LogP contribution in [0.25, 0.3) is 11.1 Å². The summed E-state index contributed by atoms with van der Waals surface area (Å²) in [7, 11) is 1.54. The summed E-state index contributed by atoms with van der Waals surface area (Å²) >= 11 is 0. The average Bonchev–Trinajstić information content (AvgIpc) is 3.31. The minimum absolute atomic E-state index is 0.251. The number of carboxylic acid groups (broad SMARTS) is 1. The molecule has 0 atom stereocenters. The van der Waals surface area contributed by atoms with Crippen LogP contribution in [0.5, 0.6) is 5.75 Å². The van der Waals surface area contributed by atoms with Crippen molar-refractivity contribution in [3.63, 3.8) is 0 Å². The summed E-state index contributed by atoms with van der Waals surface area (Å²) in [6, 6.07) is 3.58. The SMILES string of the molecule is COc1c(C)nc(C2CC2)c(C(=O)O)c1-c1ccncc1. The van der Waals surface area contributed by atoms with E-state index in [-0.39, 0.29) is 11.5 Å². The van der Waals surface area contributed by atoms with Gasteiger partial charge in [-0.15, -0.1) is 0 Å². The lowest BCUT2D eigenvalue weighted by molar-refractivity contribution is 0.0695. The monoisotopic (exact) mass is 284 g/mol. The second kappa shape index (κ2) is 5.16. The second-order valence-electron chi connectivity index (χ2n) is 5.18. The molecule has 1 aliphatic rings. The average molecular weight is 284 g/mol. The van der Waals surface area contributed by atoms with E-state index in [0.717, 1.165) is 24.1 Å². The smallest absolute Gasteiger partial charge is 0.338 e. The Morgan fingerprint density at radius 3 is 2.52 bits per heavy atom. The zero-order valence-electron chi connectivity index (χ0n) is 12.0. The fourth-order valence-electron chi connectivity index (χ4n) is 2.62. The maximum atomic E-state index is 11.8. The molecule has 3 rings (SSSR count). The number of carbonyl (C=O) groups is 1. The quantitative estimate of drug-likeness (QED) is 0.934. The van der Waals surface area contributed by atoms with Crippen LogP contribution in [-0.4, -0.2) is 28.2 Å². The van der Waals surface area contributed by atoms with Gasteiger partial charge in [0.25, 0.3) is 0 Å². The number of hydrogen-bond acceptors (Lipinski definition) is 4. The molecule has 0 radical (unpaired) electrons. The van der Waals surface area contributed by atoms with Crippen LogP contribution < -0.4 is 4.74 Å². The third-order valence-corrected chi connectivity index (χ3v) is 3.70. The van der Waals surface area contributed by atoms with Crippen LogP contribution in [0.1, 0.15) is 40.5 Å². The summed E-state index contributed by atoms with van der Waals surface area (Å²) in [4.78, 5) is 20.3. The topological polar surface area (TPSA) is 72.3 Å². The number of pyridine rings is 2. The molecule has 2 aromatic rings. The van der Waals surface area contributed by atoms with Crippen LogP contribution in [-0.2, 0) is 0 Å². The van der Waals surface area contributed by atoms with E-state index in [1.165, 1.54) is 7.11 Å². The molecule has 0 spiro atoms. The minimum Gasteiger partial charge on any atom is -0.494 e. The highest BCUT2D eigenvalue weighted by Crippen LogP contribution is 2.45. The van der Waals surface area contributed by atoms with E-state index >= 15 is 0 Å². The van der Waals surface area contributed by atoms with Crippen molar-refractivity contribution in [2.75, 3.05) is 7.11 Å². The molecule has 1 aliphatic carbocycles. The lowest BCUT2D eigenvalue weighted by atomic mass is 9.95. The number of methoxy groups -OCH3 is 1. The van der Waals surface area contributed by atoms with Crippen molar-refractivity contribution in [1.82, 2.24) is 9.97 Å². The Hall–Kier alpha value is -2.43. The third kappa shape index (κ3) is 2.35. The molecule has 0 amide bonds. The summed E-state index contributed by atoms with van der Waals surface area (Å²) in [5, 5.41) is 9.68. The van der Waals surface area contributed by atoms with Crippen molar-refractivity contribution < 1.29 is 14.6 Å². The van der Waals surface area contributed by atoms with Gasteiger partial charge < -0.3 is 9.84 Å².